The number of carbonyl (C=O) groups is 1. The van der Waals surface area contributed by atoms with E-state index in [4.69, 9.17) is 4.74 Å². The van der Waals surface area contributed by atoms with Gasteiger partial charge in [-0.3, -0.25) is 9.59 Å². The van der Waals surface area contributed by atoms with Gasteiger partial charge in [-0.15, -0.1) is 0 Å². The molecule has 0 fully saturated rings. The van der Waals surface area contributed by atoms with Gasteiger partial charge in [-0.25, -0.2) is 0 Å². The normalized spacial score (nSPS) is 10.4. The molecule has 3 rings (SSSR count). The monoisotopic (exact) mass is 362 g/mol. The second-order valence-corrected chi connectivity index (χ2v) is 6.38. The van der Waals surface area contributed by atoms with Crippen LogP contribution in [0, 0.1) is 6.92 Å². The van der Waals surface area contributed by atoms with E-state index < -0.39 is 0 Å². The van der Waals surface area contributed by atoms with Crippen molar-refractivity contribution < 1.29 is 9.53 Å². The number of nitrogens with one attached hydrogen (secondary N) is 1. The van der Waals surface area contributed by atoms with Crippen LogP contribution in [0.3, 0.4) is 0 Å². The molecule has 27 heavy (non-hydrogen) atoms. The first-order valence-corrected chi connectivity index (χ1v) is 8.74. The number of aromatic nitrogens is 1. The van der Waals surface area contributed by atoms with Crippen LogP contribution in [0.15, 0.2) is 71.7 Å². The van der Waals surface area contributed by atoms with Crippen LogP contribution in [0.2, 0.25) is 0 Å². The molecule has 2 aromatic carbocycles. The zero-order valence-corrected chi connectivity index (χ0v) is 15.4. The maximum Gasteiger partial charge on any atom is 0.251 e. The van der Waals surface area contributed by atoms with E-state index in [1.165, 1.54) is 6.07 Å². The molecule has 1 amide bonds. The molecule has 5 heteroatoms. The summed E-state index contributed by atoms with van der Waals surface area (Å²) >= 11 is 0. The molecule has 0 spiro atoms. The SMILES string of the molecule is Cc1ccccc1C(=O)NCc1cc(=O)c(OCc2ccccc2)cn1C. The lowest BCUT2D eigenvalue weighted by atomic mass is 10.1. The van der Waals surface area contributed by atoms with Crippen LogP contribution in [-0.2, 0) is 20.2 Å². The van der Waals surface area contributed by atoms with Crippen LogP contribution < -0.4 is 15.5 Å². The van der Waals surface area contributed by atoms with Crippen molar-refractivity contribution in [2.24, 2.45) is 7.05 Å². The third kappa shape index (κ3) is 4.64. The molecule has 0 aliphatic rings. The van der Waals surface area contributed by atoms with Crippen LogP contribution in [-0.4, -0.2) is 10.5 Å². The van der Waals surface area contributed by atoms with Gasteiger partial charge in [0, 0.05) is 24.4 Å². The number of ether oxygens (including phenoxy) is 1. The van der Waals surface area contributed by atoms with Crippen molar-refractivity contribution in [3.05, 3.63) is 99.5 Å². The fraction of sp³-hybridized carbons (Fsp3) is 0.182. The van der Waals surface area contributed by atoms with E-state index in [0.29, 0.717) is 17.9 Å². The smallest absolute Gasteiger partial charge is 0.251 e. The molecule has 0 unspecified atom stereocenters. The van der Waals surface area contributed by atoms with E-state index in [1.54, 1.807) is 16.8 Å². The number of carbonyl (C=O) groups excluding carboxylic acids is 1. The first-order chi connectivity index (χ1) is 13.0. The standard InChI is InChI=1S/C22H22N2O3/c1-16-8-6-7-11-19(16)22(26)23-13-18-12-20(25)21(14-24(18)2)27-15-17-9-4-3-5-10-17/h3-12,14H,13,15H2,1-2H3,(H,23,26). The molecule has 0 saturated carbocycles. The highest BCUT2D eigenvalue weighted by atomic mass is 16.5. The van der Waals surface area contributed by atoms with Gasteiger partial charge in [-0.2, -0.15) is 0 Å². The van der Waals surface area contributed by atoms with E-state index in [-0.39, 0.29) is 23.6 Å². The first-order valence-electron chi connectivity index (χ1n) is 8.74. The Morgan fingerprint density at radius 2 is 1.78 bits per heavy atom. The van der Waals surface area contributed by atoms with Gasteiger partial charge in [0.2, 0.25) is 5.43 Å². The van der Waals surface area contributed by atoms with Gasteiger partial charge in [0.15, 0.2) is 5.75 Å². The molecule has 0 aliphatic carbocycles. The lowest BCUT2D eigenvalue weighted by Gasteiger charge is -2.13. The zero-order valence-electron chi connectivity index (χ0n) is 15.4. The lowest BCUT2D eigenvalue weighted by molar-refractivity contribution is 0.0949. The number of aryl methyl sites for hydroxylation is 2. The van der Waals surface area contributed by atoms with Crippen molar-refractivity contribution in [1.29, 1.82) is 0 Å². The Labute approximate surface area is 158 Å². The van der Waals surface area contributed by atoms with Crippen molar-refractivity contribution in [2.75, 3.05) is 0 Å². The minimum atomic E-state index is -0.204. The van der Waals surface area contributed by atoms with E-state index in [2.05, 4.69) is 5.32 Å². The third-order valence-corrected chi connectivity index (χ3v) is 4.36. The fourth-order valence-electron chi connectivity index (χ4n) is 2.76. The average molecular weight is 362 g/mol. The predicted octanol–water partition coefficient (Wildman–Crippen LogP) is 3.20. The number of hydrogen-bond acceptors (Lipinski definition) is 3. The van der Waals surface area contributed by atoms with Crippen molar-refractivity contribution in [3.8, 4) is 5.75 Å². The second kappa shape index (κ2) is 8.36. The number of pyridine rings is 1. The van der Waals surface area contributed by atoms with Crippen molar-refractivity contribution in [1.82, 2.24) is 9.88 Å². The van der Waals surface area contributed by atoms with Gasteiger partial charge in [0.05, 0.1) is 12.7 Å². The molecule has 1 aromatic heterocycles. The summed E-state index contributed by atoms with van der Waals surface area (Å²) in [5, 5.41) is 2.86. The minimum absolute atomic E-state index is 0.162. The van der Waals surface area contributed by atoms with E-state index in [9.17, 15) is 9.59 Å². The van der Waals surface area contributed by atoms with Crippen LogP contribution in [0.5, 0.6) is 5.75 Å². The first kappa shape index (κ1) is 18.5. The maximum absolute atomic E-state index is 12.3. The largest absolute Gasteiger partial charge is 0.483 e. The van der Waals surface area contributed by atoms with E-state index in [0.717, 1.165) is 11.1 Å². The Balaban J connectivity index is 1.67. The summed E-state index contributed by atoms with van der Waals surface area (Å²) in [5.74, 6) is 0.125. The minimum Gasteiger partial charge on any atom is -0.483 e. The van der Waals surface area contributed by atoms with Gasteiger partial charge in [-0.05, 0) is 24.1 Å². The topological polar surface area (TPSA) is 60.3 Å². The Morgan fingerprint density at radius 1 is 1.07 bits per heavy atom. The predicted molar refractivity (Wildman–Crippen MR) is 105 cm³/mol. The summed E-state index contributed by atoms with van der Waals surface area (Å²) in [6.45, 7) is 2.49. The highest BCUT2D eigenvalue weighted by Gasteiger charge is 2.10. The Morgan fingerprint density at radius 3 is 2.52 bits per heavy atom. The Bertz CT molecular complexity index is 994. The number of benzene rings is 2. The van der Waals surface area contributed by atoms with Crippen molar-refractivity contribution in [3.63, 3.8) is 0 Å². The molecule has 0 radical (unpaired) electrons. The van der Waals surface area contributed by atoms with Gasteiger partial charge in [-0.1, -0.05) is 48.5 Å². The maximum atomic E-state index is 12.3. The molecule has 0 aliphatic heterocycles. The quantitative estimate of drug-likeness (QED) is 0.732. The van der Waals surface area contributed by atoms with Gasteiger partial charge in [0.1, 0.15) is 6.61 Å². The summed E-state index contributed by atoms with van der Waals surface area (Å²) in [7, 11) is 1.82. The molecule has 0 saturated heterocycles. The number of rotatable bonds is 6. The lowest BCUT2D eigenvalue weighted by Crippen LogP contribution is -2.26. The van der Waals surface area contributed by atoms with Gasteiger partial charge in [0.25, 0.3) is 5.91 Å². The summed E-state index contributed by atoms with van der Waals surface area (Å²) < 4.78 is 7.44. The van der Waals surface area contributed by atoms with Crippen molar-refractivity contribution >= 4 is 5.91 Å². The molecule has 1 N–H and O–H groups in total. The average Bonchev–Trinajstić information content (AvgIpc) is 2.68. The fourth-order valence-corrected chi connectivity index (χ4v) is 2.76. The molecule has 3 aromatic rings. The summed E-state index contributed by atoms with van der Waals surface area (Å²) in [6.07, 6.45) is 1.65. The Kier molecular flexibility index (Phi) is 5.71. The highest BCUT2D eigenvalue weighted by molar-refractivity contribution is 5.95. The molecule has 0 atom stereocenters. The van der Waals surface area contributed by atoms with Crippen LogP contribution >= 0.6 is 0 Å². The summed E-state index contributed by atoms with van der Waals surface area (Å²) in [4.78, 5) is 24.7. The van der Waals surface area contributed by atoms with Crippen LogP contribution in [0.1, 0.15) is 27.2 Å². The number of amides is 1. The zero-order chi connectivity index (χ0) is 19.2. The highest BCUT2D eigenvalue weighted by Crippen LogP contribution is 2.10. The van der Waals surface area contributed by atoms with Crippen LogP contribution in [0.25, 0.3) is 0 Å². The van der Waals surface area contributed by atoms with E-state index in [1.807, 2.05) is 62.5 Å². The van der Waals surface area contributed by atoms with Crippen LogP contribution in [0.4, 0.5) is 0 Å². The van der Waals surface area contributed by atoms with Gasteiger partial charge >= 0.3 is 0 Å². The second-order valence-electron chi connectivity index (χ2n) is 6.38. The summed E-state index contributed by atoms with van der Waals surface area (Å²) in [6, 6.07) is 18.6. The molecular formula is C22H22N2O3. The molecule has 5 nitrogen and oxygen atoms in total. The molecular weight excluding hydrogens is 340 g/mol. The Hall–Kier alpha value is -3.34. The molecule has 0 bridgehead atoms. The molecule has 1 heterocycles. The number of hydrogen-bond donors (Lipinski definition) is 1. The number of nitrogens with zero attached hydrogens (tertiary/aromatic N) is 1. The van der Waals surface area contributed by atoms with E-state index >= 15 is 0 Å². The molecule has 138 valence electrons. The summed E-state index contributed by atoms with van der Waals surface area (Å²) in [5.41, 5.74) is 3.03. The third-order valence-electron chi connectivity index (χ3n) is 4.36. The van der Waals surface area contributed by atoms with Crippen molar-refractivity contribution in [2.45, 2.75) is 20.1 Å². The van der Waals surface area contributed by atoms with Gasteiger partial charge < -0.3 is 14.6 Å².